The average Bonchev–Trinajstić information content (AvgIpc) is 1.98. The van der Waals surface area contributed by atoms with E-state index in [9.17, 15) is 9.59 Å². The van der Waals surface area contributed by atoms with Gasteiger partial charge in [-0.2, -0.15) is 0 Å². The van der Waals surface area contributed by atoms with Crippen LogP contribution < -0.4 is 0 Å². The fourth-order valence-electron chi connectivity index (χ4n) is 0.655. The Kier molecular flexibility index (Phi) is 4.04. The van der Waals surface area contributed by atoms with E-state index in [2.05, 4.69) is 4.74 Å². The van der Waals surface area contributed by atoms with E-state index in [1.807, 2.05) is 0 Å². The van der Waals surface area contributed by atoms with Crippen molar-refractivity contribution in [2.24, 2.45) is 0 Å². The van der Waals surface area contributed by atoms with Crippen LogP contribution in [0.1, 0.15) is 6.92 Å². The second-order valence-electron chi connectivity index (χ2n) is 2.55. The van der Waals surface area contributed by atoms with Crippen molar-refractivity contribution in [2.45, 2.75) is 6.92 Å². The van der Waals surface area contributed by atoms with Crippen LogP contribution in [0.5, 0.6) is 0 Å². The van der Waals surface area contributed by atoms with Gasteiger partial charge in [0.1, 0.15) is 5.57 Å². The molecular formula is C8H13NO3. The summed E-state index contributed by atoms with van der Waals surface area (Å²) < 4.78 is 4.42. The molecule has 0 aromatic carbocycles. The molecular weight excluding hydrogens is 158 g/mol. The first-order chi connectivity index (χ1) is 5.49. The highest BCUT2D eigenvalue weighted by Gasteiger charge is 2.14. The number of hydrogen-bond donors (Lipinski definition) is 0. The van der Waals surface area contributed by atoms with E-state index in [4.69, 9.17) is 0 Å². The molecule has 68 valence electrons. The van der Waals surface area contributed by atoms with Crippen LogP contribution in [0.4, 0.5) is 0 Å². The van der Waals surface area contributed by atoms with Crippen LogP contribution in [0, 0.1) is 0 Å². The first-order valence-corrected chi connectivity index (χ1v) is 3.46. The molecule has 0 N–H and O–H groups in total. The molecule has 0 amide bonds. The zero-order valence-electron chi connectivity index (χ0n) is 7.75. The summed E-state index contributed by atoms with van der Waals surface area (Å²) in [5, 5.41) is 0. The van der Waals surface area contributed by atoms with E-state index in [0.717, 1.165) is 0 Å². The van der Waals surface area contributed by atoms with Crippen molar-refractivity contribution < 1.29 is 14.3 Å². The third-order valence-electron chi connectivity index (χ3n) is 1.17. The number of esters is 1. The third kappa shape index (κ3) is 3.18. The van der Waals surface area contributed by atoms with Gasteiger partial charge in [-0.1, -0.05) is 0 Å². The molecule has 0 aliphatic carbocycles. The number of carbonyl (C=O) groups is 2. The number of Topliss-reactive ketones (excluding diaryl/α,β-unsaturated/α-hetero) is 1. The molecule has 0 aliphatic rings. The Hall–Kier alpha value is -1.32. The van der Waals surface area contributed by atoms with E-state index in [0.29, 0.717) is 0 Å². The molecule has 0 rings (SSSR count). The Morgan fingerprint density at radius 3 is 2.08 bits per heavy atom. The van der Waals surface area contributed by atoms with Crippen LogP contribution in [0.2, 0.25) is 0 Å². The highest BCUT2D eigenvalue weighted by molar-refractivity contribution is 6.16. The summed E-state index contributed by atoms with van der Waals surface area (Å²) >= 11 is 0. The molecule has 4 nitrogen and oxygen atoms in total. The number of carbonyl (C=O) groups excluding carboxylic acids is 2. The van der Waals surface area contributed by atoms with Gasteiger partial charge in [0, 0.05) is 20.3 Å². The van der Waals surface area contributed by atoms with Crippen LogP contribution in [0.25, 0.3) is 0 Å². The van der Waals surface area contributed by atoms with E-state index in [-0.39, 0.29) is 11.4 Å². The van der Waals surface area contributed by atoms with Gasteiger partial charge in [0.05, 0.1) is 7.11 Å². The molecule has 0 aromatic rings. The Bertz CT molecular complexity index is 218. The van der Waals surface area contributed by atoms with Crippen molar-refractivity contribution in [3.05, 3.63) is 11.8 Å². The summed E-state index contributed by atoms with van der Waals surface area (Å²) in [6, 6.07) is 0. The second kappa shape index (κ2) is 4.54. The Labute approximate surface area is 71.8 Å². The summed E-state index contributed by atoms with van der Waals surface area (Å²) in [4.78, 5) is 23.5. The van der Waals surface area contributed by atoms with Gasteiger partial charge in [0.25, 0.3) is 0 Å². The summed E-state index contributed by atoms with van der Waals surface area (Å²) in [6.07, 6.45) is 1.44. The Morgan fingerprint density at radius 1 is 1.33 bits per heavy atom. The maximum absolute atomic E-state index is 11.0. The van der Waals surface area contributed by atoms with Gasteiger partial charge in [0.15, 0.2) is 5.78 Å². The molecule has 0 radical (unpaired) electrons. The van der Waals surface area contributed by atoms with E-state index < -0.39 is 5.97 Å². The SMILES string of the molecule is COC(=O)/C(=C/N(C)C)C(C)=O. The zero-order valence-corrected chi connectivity index (χ0v) is 7.75. The van der Waals surface area contributed by atoms with E-state index in [1.54, 1.807) is 19.0 Å². The molecule has 0 bridgehead atoms. The molecule has 0 atom stereocenters. The minimum absolute atomic E-state index is 0.0579. The van der Waals surface area contributed by atoms with Crippen LogP contribution in [0.3, 0.4) is 0 Å². The van der Waals surface area contributed by atoms with E-state index in [1.165, 1.54) is 20.2 Å². The molecule has 0 unspecified atom stereocenters. The molecule has 0 saturated heterocycles. The predicted octanol–water partition coefficient (Wildman–Crippen LogP) is 0.194. The third-order valence-corrected chi connectivity index (χ3v) is 1.17. The molecule has 0 spiro atoms. The van der Waals surface area contributed by atoms with Crippen molar-refractivity contribution >= 4 is 11.8 Å². The Balaban J connectivity index is 4.67. The zero-order chi connectivity index (χ0) is 9.72. The summed E-state index contributed by atoms with van der Waals surface area (Å²) in [5.74, 6) is -0.897. The molecule has 12 heavy (non-hydrogen) atoms. The number of nitrogens with zero attached hydrogens (tertiary/aromatic N) is 1. The van der Waals surface area contributed by atoms with Crippen molar-refractivity contribution in [1.29, 1.82) is 0 Å². The quantitative estimate of drug-likeness (QED) is 0.263. The average molecular weight is 171 g/mol. The predicted molar refractivity (Wildman–Crippen MR) is 44.5 cm³/mol. The standard InChI is InChI=1S/C8H13NO3/c1-6(10)7(5-9(2)3)8(11)12-4/h5H,1-4H3/b7-5+. The second-order valence-corrected chi connectivity index (χ2v) is 2.55. The van der Waals surface area contributed by atoms with Gasteiger partial charge >= 0.3 is 5.97 Å². The maximum atomic E-state index is 11.0. The van der Waals surface area contributed by atoms with Crippen molar-refractivity contribution in [2.75, 3.05) is 21.2 Å². The number of methoxy groups -OCH3 is 1. The minimum Gasteiger partial charge on any atom is -0.465 e. The molecule has 0 heterocycles. The lowest BCUT2D eigenvalue weighted by atomic mass is 10.2. The van der Waals surface area contributed by atoms with E-state index >= 15 is 0 Å². The van der Waals surface area contributed by atoms with Crippen molar-refractivity contribution in [1.82, 2.24) is 4.90 Å². The lowest BCUT2D eigenvalue weighted by molar-refractivity contribution is -0.137. The van der Waals surface area contributed by atoms with Crippen LogP contribution in [0.15, 0.2) is 11.8 Å². The van der Waals surface area contributed by atoms with Gasteiger partial charge in [0.2, 0.25) is 0 Å². The molecule has 0 saturated carbocycles. The molecule has 0 aliphatic heterocycles. The molecule has 0 fully saturated rings. The number of ketones is 1. The number of ether oxygens (including phenoxy) is 1. The fraction of sp³-hybridized carbons (Fsp3) is 0.500. The lowest BCUT2D eigenvalue weighted by Gasteiger charge is -2.07. The van der Waals surface area contributed by atoms with Gasteiger partial charge in [-0.05, 0) is 6.92 Å². The topological polar surface area (TPSA) is 46.6 Å². The van der Waals surface area contributed by atoms with Gasteiger partial charge < -0.3 is 9.64 Å². The first-order valence-electron chi connectivity index (χ1n) is 3.46. The minimum atomic E-state index is -0.601. The highest BCUT2D eigenvalue weighted by Crippen LogP contribution is 1.99. The number of hydrogen-bond acceptors (Lipinski definition) is 4. The van der Waals surface area contributed by atoms with Gasteiger partial charge in [-0.3, -0.25) is 4.79 Å². The maximum Gasteiger partial charge on any atom is 0.342 e. The summed E-state index contributed by atoms with van der Waals surface area (Å²) in [7, 11) is 4.70. The smallest absolute Gasteiger partial charge is 0.342 e. The largest absolute Gasteiger partial charge is 0.465 e. The van der Waals surface area contributed by atoms with Gasteiger partial charge in [-0.25, -0.2) is 4.79 Å². The summed E-state index contributed by atoms with van der Waals surface area (Å²) in [6.45, 7) is 1.33. The highest BCUT2D eigenvalue weighted by atomic mass is 16.5. The van der Waals surface area contributed by atoms with Crippen molar-refractivity contribution in [3.63, 3.8) is 0 Å². The fourth-order valence-corrected chi connectivity index (χ4v) is 0.655. The summed E-state index contributed by atoms with van der Waals surface area (Å²) in [5.41, 5.74) is 0.0579. The normalized spacial score (nSPS) is 10.8. The van der Waals surface area contributed by atoms with Crippen LogP contribution in [-0.4, -0.2) is 37.9 Å². The Morgan fingerprint density at radius 2 is 1.83 bits per heavy atom. The van der Waals surface area contributed by atoms with Crippen molar-refractivity contribution in [3.8, 4) is 0 Å². The first kappa shape index (κ1) is 10.7. The van der Waals surface area contributed by atoms with Gasteiger partial charge in [-0.15, -0.1) is 0 Å². The van der Waals surface area contributed by atoms with Crippen LogP contribution >= 0.6 is 0 Å². The monoisotopic (exact) mass is 171 g/mol. The lowest BCUT2D eigenvalue weighted by Crippen LogP contribution is -2.15. The number of rotatable bonds is 3. The van der Waals surface area contributed by atoms with Crippen LogP contribution in [-0.2, 0) is 14.3 Å². The molecule has 0 aromatic heterocycles. The molecule has 4 heteroatoms.